The molecule has 1 unspecified atom stereocenters. The molecule has 2 rings (SSSR count). The molecule has 0 aliphatic heterocycles. The summed E-state index contributed by atoms with van der Waals surface area (Å²) in [6.07, 6.45) is -5.07. The number of nitrogens with two attached hydrogens (primary N) is 1. The third-order valence-corrected chi connectivity index (χ3v) is 3.13. The molecule has 23 heavy (non-hydrogen) atoms. The second-order valence-corrected chi connectivity index (χ2v) is 4.87. The van der Waals surface area contributed by atoms with Crippen molar-refractivity contribution >= 4 is 5.97 Å². The molecule has 0 aliphatic rings. The van der Waals surface area contributed by atoms with Gasteiger partial charge in [-0.2, -0.15) is 0 Å². The third kappa shape index (κ3) is 4.72. The highest BCUT2D eigenvalue weighted by Crippen LogP contribution is 2.34. The minimum atomic E-state index is -4.80. The first-order valence-electron chi connectivity index (χ1n) is 6.69. The standard InChI is InChI=1S/C16H14F3NO3/c17-16(18,19)23-14-7-2-1-6-12(14)10-4-3-5-11(8-10)13(20)9-15(21)22/h1-8,13H,9,20H2,(H,21,22). The molecule has 3 N–H and O–H groups in total. The number of hydrogen-bond acceptors (Lipinski definition) is 3. The van der Waals surface area contributed by atoms with Gasteiger partial charge in [-0.3, -0.25) is 4.79 Å². The summed E-state index contributed by atoms with van der Waals surface area (Å²) in [7, 11) is 0. The molecule has 0 spiro atoms. The molecule has 0 aromatic heterocycles. The maximum atomic E-state index is 12.5. The zero-order valence-electron chi connectivity index (χ0n) is 11.9. The molecular weight excluding hydrogens is 311 g/mol. The fraction of sp³-hybridized carbons (Fsp3) is 0.188. The number of alkyl halides is 3. The van der Waals surface area contributed by atoms with Gasteiger partial charge in [-0.05, 0) is 23.3 Å². The minimum absolute atomic E-state index is 0.245. The van der Waals surface area contributed by atoms with Crippen molar-refractivity contribution in [2.24, 2.45) is 5.73 Å². The predicted molar refractivity (Wildman–Crippen MR) is 77.7 cm³/mol. The van der Waals surface area contributed by atoms with E-state index in [1.807, 2.05) is 0 Å². The van der Waals surface area contributed by atoms with Gasteiger partial charge in [0.05, 0.1) is 6.42 Å². The average Bonchev–Trinajstić information content (AvgIpc) is 2.45. The van der Waals surface area contributed by atoms with Gasteiger partial charge in [0, 0.05) is 11.6 Å². The fourth-order valence-electron chi connectivity index (χ4n) is 2.16. The molecule has 2 aromatic carbocycles. The lowest BCUT2D eigenvalue weighted by molar-refractivity contribution is -0.274. The van der Waals surface area contributed by atoms with E-state index in [0.717, 1.165) is 0 Å². The maximum absolute atomic E-state index is 12.5. The zero-order chi connectivity index (χ0) is 17.0. The van der Waals surface area contributed by atoms with Crippen LogP contribution in [0.4, 0.5) is 13.2 Å². The normalized spacial score (nSPS) is 12.7. The Balaban J connectivity index is 2.38. The fourth-order valence-corrected chi connectivity index (χ4v) is 2.16. The van der Waals surface area contributed by atoms with E-state index in [1.165, 1.54) is 18.2 Å². The number of carboxylic acid groups (broad SMARTS) is 1. The molecule has 0 amide bonds. The van der Waals surface area contributed by atoms with Crippen molar-refractivity contribution in [2.75, 3.05) is 0 Å². The Kier molecular flexibility index (Phi) is 4.90. The van der Waals surface area contributed by atoms with Crippen LogP contribution in [0.2, 0.25) is 0 Å². The Hall–Kier alpha value is -2.54. The van der Waals surface area contributed by atoms with Crippen molar-refractivity contribution in [3.05, 3.63) is 54.1 Å². The summed E-state index contributed by atoms with van der Waals surface area (Å²) < 4.78 is 41.5. The van der Waals surface area contributed by atoms with E-state index < -0.39 is 18.4 Å². The van der Waals surface area contributed by atoms with Crippen molar-refractivity contribution in [3.8, 4) is 16.9 Å². The van der Waals surface area contributed by atoms with Gasteiger partial charge in [0.25, 0.3) is 0 Å². The number of hydrogen-bond donors (Lipinski definition) is 2. The Morgan fingerprint density at radius 3 is 2.52 bits per heavy atom. The van der Waals surface area contributed by atoms with Gasteiger partial charge >= 0.3 is 12.3 Å². The molecule has 0 heterocycles. The number of benzene rings is 2. The van der Waals surface area contributed by atoms with Gasteiger partial charge in [-0.1, -0.05) is 36.4 Å². The monoisotopic (exact) mass is 325 g/mol. The van der Waals surface area contributed by atoms with Crippen LogP contribution in [0.15, 0.2) is 48.5 Å². The number of halogens is 3. The molecule has 0 saturated heterocycles. The van der Waals surface area contributed by atoms with Gasteiger partial charge < -0.3 is 15.6 Å². The zero-order valence-corrected chi connectivity index (χ0v) is 11.9. The van der Waals surface area contributed by atoms with Crippen LogP contribution in [0.3, 0.4) is 0 Å². The second kappa shape index (κ2) is 6.70. The molecule has 0 fully saturated rings. The molecule has 1 atom stereocenters. The summed E-state index contributed by atoms with van der Waals surface area (Å²) in [5, 5.41) is 8.78. The second-order valence-electron chi connectivity index (χ2n) is 4.87. The van der Waals surface area contributed by atoms with Gasteiger partial charge in [0.15, 0.2) is 0 Å². The largest absolute Gasteiger partial charge is 0.573 e. The summed E-state index contributed by atoms with van der Waals surface area (Å²) in [6.45, 7) is 0. The summed E-state index contributed by atoms with van der Waals surface area (Å²) in [6, 6.07) is 11.4. The van der Waals surface area contributed by atoms with Crippen LogP contribution in [0, 0.1) is 0 Å². The van der Waals surface area contributed by atoms with Crippen molar-refractivity contribution in [2.45, 2.75) is 18.8 Å². The van der Waals surface area contributed by atoms with Gasteiger partial charge in [0.2, 0.25) is 0 Å². The number of para-hydroxylation sites is 1. The van der Waals surface area contributed by atoms with E-state index in [-0.39, 0.29) is 17.7 Å². The number of aliphatic carboxylic acids is 1. The first-order chi connectivity index (χ1) is 10.8. The van der Waals surface area contributed by atoms with E-state index in [1.54, 1.807) is 30.3 Å². The molecule has 0 saturated carbocycles. The van der Waals surface area contributed by atoms with Crippen molar-refractivity contribution in [3.63, 3.8) is 0 Å². The van der Waals surface area contributed by atoms with Crippen LogP contribution >= 0.6 is 0 Å². The quantitative estimate of drug-likeness (QED) is 0.878. The number of ether oxygens (including phenoxy) is 1. The Bertz CT molecular complexity index is 701. The highest BCUT2D eigenvalue weighted by atomic mass is 19.4. The summed E-state index contributed by atoms with van der Waals surface area (Å²) in [5.41, 5.74) is 7.02. The molecule has 0 aliphatic carbocycles. The van der Waals surface area contributed by atoms with Crippen LogP contribution in [0.25, 0.3) is 11.1 Å². The lowest BCUT2D eigenvalue weighted by Gasteiger charge is -2.15. The summed E-state index contributed by atoms with van der Waals surface area (Å²) >= 11 is 0. The number of carbonyl (C=O) groups is 1. The molecule has 0 bridgehead atoms. The van der Waals surface area contributed by atoms with Crippen LogP contribution in [-0.4, -0.2) is 17.4 Å². The van der Waals surface area contributed by atoms with Crippen molar-refractivity contribution in [1.82, 2.24) is 0 Å². The third-order valence-electron chi connectivity index (χ3n) is 3.13. The van der Waals surface area contributed by atoms with Gasteiger partial charge in [-0.25, -0.2) is 0 Å². The van der Waals surface area contributed by atoms with E-state index >= 15 is 0 Å². The smallest absolute Gasteiger partial charge is 0.481 e. The van der Waals surface area contributed by atoms with Crippen molar-refractivity contribution < 1.29 is 27.8 Å². The number of carboxylic acids is 1. The maximum Gasteiger partial charge on any atom is 0.573 e. The number of rotatable bonds is 5. The average molecular weight is 325 g/mol. The highest BCUT2D eigenvalue weighted by Gasteiger charge is 2.32. The Morgan fingerprint density at radius 2 is 1.87 bits per heavy atom. The van der Waals surface area contributed by atoms with Gasteiger partial charge in [0.1, 0.15) is 5.75 Å². The molecule has 0 radical (unpaired) electrons. The van der Waals surface area contributed by atoms with Crippen LogP contribution in [0.1, 0.15) is 18.0 Å². The van der Waals surface area contributed by atoms with E-state index in [2.05, 4.69) is 4.74 Å². The first kappa shape index (κ1) is 16.8. The summed E-state index contributed by atoms with van der Waals surface area (Å²) in [5.74, 6) is -1.38. The molecular formula is C16H14F3NO3. The molecule has 2 aromatic rings. The lowest BCUT2D eigenvalue weighted by atomic mass is 9.98. The lowest BCUT2D eigenvalue weighted by Crippen LogP contribution is -2.17. The topological polar surface area (TPSA) is 72.6 Å². The molecule has 7 heteroatoms. The highest BCUT2D eigenvalue weighted by molar-refractivity contribution is 5.72. The molecule has 122 valence electrons. The first-order valence-corrected chi connectivity index (χ1v) is 6.69. The van der Waals surface area contributed by atoms with Crippen LogP contribution in [-0.2, 0) is 4.79 Å². The Morgan fingerprint density at radius 1 is 1.17 bits per heavy atom. The van der Waals surface area contributed by atoms with Crippen LogP contribution in [0.5, 0.6) is 5.75 Å². The van der Waals surface area contributed by atoms with E-state index in [4.69, 9.17) is 10.8 Å². The van der Waals surface area contributed by atoms with E-state index in [0.29, 0.717) is 11.1 Å². The van der Waals surface area contributed by atoms with Crippen LogP contribution < -0.4 is 10.5 Å². The van der Waals surface area contributed by atoms with Gasteiger partial charge in [-0.15, -0.1) is 13.2 Å². The van der Waals surface area contributed by atoms with Crippen molar-refractivity contribution in [1.29, 1.82) is 0 Å². The predicted octanol–water partition coefficient (Wildman–Crippen LogP) is 3.73. The summed E-state index contributed by atoms with van der Waals surface area (Å²) in [4.78, 5) is 10.7. The molecule has 4 nitrogen and oxygen atoms in total. The van der Waals surface area contributed by atoms with E-state index in [9.17, 15) is 18.0 Å². The minimum Gasteiger partial charge on any atom is -0.481 e. The Labute approximate surface area is 130 Å². The SMILES string of the molecule is NC(CC(=O)O)c1cccc(-c2ccccc2OC(F)(F)F)c1.